The van der Waals surface area contributed by atoms with Crippen molar-refractivity contribution >= 4 is 28.8 Å². The number of carbonyl (C=O) groups is 2. The molecule has 0 bridgehead atoms. The molecule has 1 unspecified atom stereocenters. The number of esters is 1. The normalized spacial score (nSPS) is 16.8. The van der Waals surface area contributed by atoms with Crippen molar-refractivity contribution in [2.45, 2.75) is 25.9 Å². The van der Waals surface area contributed by atoms with Gasteiger partial charge in [0.2, 0.25) is 5.91 Å². The van der Waals surface area contributed by atoms with E-state index in [2.05, 4.69) is 15.3 Å². The average molecular weight is 495 g/mol. The maximum Gasteiger partial charge on any atom is 0.338 e. The maximum absolute atomic E-state index is 12.9. The highest BCUT2D eigenvalue weighted by atomic mass is 32.2. The van der Waals surface area contributed by atoms with Crippen LogP contribution < -0.4 is 14.8 Å². The van der Waals surface area contributed by atoms with Crippen LogP contribution in [0.1, 0.15) is 30.5 Å². The molecule has 182 valence electrons. The summed E-state index contributed by atoms with van der Waals surface area (Å²) in [5.74, 6) is 0.368. The van der Waals surface area contributed by atoms with Gasteiger partial charge in [-0.3, -0.25) is 9.78 Å². The van der Waals surface area contributed by atoms with Crippen LogP contribution in [0.4, 0.5) is 0 Å². The molecule has 2 aromatic rings. The first-order valence-electron chi connectivity index (χ1n) is 10.9. The van der Waals surface area contributed by atoms with Gasteiger partial charge in [0.05, 0.1) is 45.1 Å². The lowest BCUT2D eigenvalue weighted by atomic mass is 9.92. The van der Waals surface area contributed by atoms with Gasteiger partial charge < -0.3 is 24.4 Å². The molecule has 0 saturated heterocycles. The Hall–Kier alpha value is -3.79. The number of ether oxygens (including phenoxy) is 3. The Morgan fingerprint density at radius 2 is 1.89 bits per heavy atom. The van der Waals surface area contributed by atoms with Crippen molar-refractivity contribution in [3.05, 3.63) is 76.2 Å². The summed E-state index contributed by atoms with van der Waals surface area (Å²) in [5, 5.41) is 5.49. The Bertz CT molecular complexity index is 1230. The van der Waals surface area contributed by atoms with Crippen LogP contribution in [-0.2, 0) is 20.9 Å². The number of hydrogen-bond acceptors (Lipinski definition) is 9. The van der Waals surface area contributed by atoms with Gasteiger partial charge in [-0.05, 0) is 36.1 Å². The fourth-order valence-electron chi connectivity index (χ4n) is 4.09. The van der Waals surface area contributed by atoms with Crippen LogP contribution in [0.3, 0.4) is 0 Å². The number of fused-ring (bicyclic) bond motifs is 1. The summed E-state index contributed by atoms with van der Waals surface area (Å²) in [6.45, 7) is 2.17. The largest absolute Gasteiger partial charge is 0.493 e. The van der Waals surface area contributed by atoms with E-state index >= 15 is 0 Å². The van der Waals surface area contributed by atoms with Crippen LogP contribution in [0, 0.1) is 0 Å². The highest BCUT2D eigenvalue weighted by Gasteiger charge is 2.42. The zero-order valence-corrected chi connectivity index (χ0v) is 20.7. The van der Waals surface area contributed by atoms with Crippen LogP contribution in [0.25, 0.3) is 0 Å². The SMILES string of the molecule is COC(=O)C1=C(C)N=C2SC=C(CC(=O)NCc3ccncc3)N2C1c1cccc(OC)c1OC. The van der Waals surface area contributed by atoms with Crippen molar-refractivity contribution in [1.82, 2.24) is 15.2 Å². The third-order valence-electron chi connectivity index (χ3n) is 5.71. The third-order valence-corrected chi connectivity index (χ3v) is 6.60. The van der Waals surface area contributed by atoms with E-state index in [0.29, 0.717) is 45.7 Å². The second-order valence-corrected chi connectivity index (χ2v) is 8.61. The van der Waals surface area contributed by atoms with Gasteiger partial charge >= 0.3 is 5.97 Å². The molecule has 2 aliphatic rings. The monoisotopic (exact) mass is 494 g/mol. The standard InChI is InChI=1S/C25H26N4O5S/c1-15-21(24(31)34-4)22(18-6-5-7-19(32-2)23(18)33-3)29-17(14-35-25(29)28-15)12-20(30)27-13-16-8-10-26-11-9-16/h5-11,14,22H,12-13H2,1-4H3,(H,27,30). The number of aliphatic imine (C=N–C) groups is 1. The maximum atomic E-state index is 12.9. The second-order valence-electron chi connectivity index (χ2n) is 7.78. The fourth-order valence-corrected chi connectivity index (χ4v) is 5.05. The number of nitrogens with one attached hydrogen (secondary N) is 1. The number of thioether (sulfide) groups is 1. The summed E-state index contributed by atoms with van der Waals surface area (Å²) in [7, 11) is 4.45. The first-order valence-corrected chi connectivity index (χ1v) is 11.8. The Balaban J connectivity index is 1.68. The van der Waals surface area contributed by atoms with Crippen molar-refractivity contribution in [2.24, 2.45) is 4.99 Å². The van der Waals surface area contributed by atoms with E-state index in [1.54, 1.807) is 39.6 Å². The number of benzene rings is 1. The molecule has 35 heavy (non-hydrogen) atoms. The Morgan fingerprint density at radius 3 is 2.57 bits per heavy atom. The summed E-state index contributed by atoms with van der Waals surface area (Å²) in [6.07, 6.45) is 3.47. The number of methoxy groups -OCH3 is 3. The second kappa shape index (κ2) is 10.6. The minimum absolute atomic E-state index is 0.105. The Morgan fingerprint density at radius 1 is 1.11 bits per heavy atom. The molecule has 1 atom stereocenters. The molecule has 2 aliphatic heterocycles. The number of hydrogen-bond donors (Lipinski definition) is 1. The summed E-state index contributed by atoms with van der Waals surface area (Å²) < 4.78 is 16.3. The number of aromatic nitrogens is 1. The lowest BCUT2D eigenvalue weighted by molar-refractivity contribution is -0.136. The number of amidine groups is 1. The van der Waals surface area contributed by atoms with Crippen LogP contribution in [-0.4, -0.2) is 48.3 Å². The highest BCUT2D eigenvalue weighted by Crippen LogP contribution is 2.48. The smallest absolute Gasteiger partial charge is 0.338 e. The number of rotatable bonds is 8. The van der Waals surface area contributed by atoms with Gasteiger partial charge in [-0.25, -0.2) is 9.79 Å². The molecule has 3 heterocycles. The zero-order chi connectivity index (χ0) is 24.9. The number of para-hydroxylation sites is 1. The lowest BCUT2D eigenvalue weighted by Crippen LogP contribution is -2.38. The van der Waals surface area contributed by atoms with Gasteiger partial charge in [-0.15, -0.1) is 0 Å². The molecule has 4 rings (SSSR count). The molecular weight excluding hydrogens is 468 g/mol. The van der Waals surface area contributed by atoms with E-state index in [9.17, 15) is 9.59 Å². The first-order chi connectivity index (χ1) is 17.0. The van der Waals surface area contributed by atoms with Gasteiger partial charge in [-0.2, -0.15) is 0 Å². The Labute approximate surface area is 207 Å². The number of pyridine rings is 1. The Kier molecular flexibility index (Phi) is 7.40. The minimum Gasteiger partial charge on any atom is -0.493 e. The molecule has 1 N–H and O–H groups in total. The van der Waals surface area contributed by atoms with Crippen LogP contribution in [0.5, 0.6) is 11.5 Å². The van der Waals surface area contributed by atoms with Gasteiger partial charge in [0.1, 0.15) is 0 Å². The van der Waals surface area contributed by atoms with Crippen molar-refractivity contribution in [3.63, 3.8) is 0 Å². The van der Waals surface area contributed by atoms with E-state index in [1.165, 1.54) is 18.9 Å². The predicted octanol–water partition coefficient (Wildman–Crippen LogP) is 3.55. The topological polar surface area (TPSA) is 102 Å². The molecule has 0 spiro atoms. The fraction of sp³-hybridized carbons (Fsp3) is 0.280. The molecular formula is C25H26N4O5S. The molecule has 1 amide bonds. The highest BCUT2D eigenvalue weighted by molar-refractivity contribution is 8.16. The molecule has 0 aliphatic carbocycles. The van der Waals surface area contributed by atoms with E-state index in [0.717, 1.165) is 5.56 Å². The zero-order valence-electron chi connectivity index (χ0n) is 19.9. The van der Waals surface area contributed by atoms with Gasteiger partial charge in [0.15, 0.2) is 16.7 Å². The molecule has 1 aromatic heterocycles. The van der Waals surface area contributed by atoms with E-state index in [1.807, 2.05) is 34.6 Å². The van der Waals surface area contributed by atoms with Crippen LogP contribution >= 0.6 is 11.8 Å². The molecule has 0 fully saturated rings. The number of carbonyl (C=O) groups excluding carboxylic acids is 2. The quantitative estimate of drug-likeness (QED) is 0.556. The molecule has 0 radical (unpaired) electrons. The van der Waals surface area contributed by atoms with Gasteiger partial charge in [0.25, 0.3) is 0 Å². The number of amides is 1. The molecule has 1 aromatic carbocycles. The minimum atomic E-state index is -0.616. The molecule has 9 nitrogen and oxygen atoms in total. The average Bonchev–Trinajstić information content (AvgIpc) is 3.27. The van der Waals surface area contributed by atoms with E-state index in [-0.39, 0.29) is 12.3 Å². The van der Waals surface area contributed by atoms with Crippen LogP contribution in [0.15, 0.2) is 70.1 Å². The van der Waals surface area contributed by atoms with Crippen molar-refractivity contribution in [3.8, 4) is 11.5 Å². The number of allylic oxidation sites excluding steroid dienone is 1. The first kappa shape index (κ1) is 24.3. The predicted molar refractivity (Wildman–Crippen MR) is 133 cm³/mol. The summed E-state index contributed by atoms with van der Waals surface area (Å²) in [6, 6.07) is 8.57. The third kappa shape index (κ3) is 4.88. The van der Waals surface area contributed by atoms with E-state index < -0.39 is 12.0 Å². The summed E-state index contributed by atoms with van der Waals surface area (Å²) >= 11 is 1.41. The molecule has 10 heteroatoms. The van der Waals surface area contributed by atoms with Crippen molar-refractivity contribution in [1.29, 1.82) is 0 Å². The number of nitrogens with zero attached hydrogens (tertiary/aromatic N) is 3. The van der Waals surface area contributed by atoms with E-state index in [4.69, 9.17) is 14.2 Å². The lowest BCUT2D eigenvalue weighted by Gasteiger charge is -2.36. The molecule has 0 saturated carbocycles. The summed E-state index contributed by atoms with van der Waals surface area (Å²) in [5.41, 5.74) is 3.28. The van der Waals surface area contributed by atoms with Crippen molar-refractivity contribution < 1.29 is 23.8 Å². The van der Waals surface area contributed by atoms with Crippen LogP contribution in [0.2, 0.25) is 0 Å². The van der Waals surface area contributed by atoms with Gasteiger partial charge in [0, 0.05) is 30.2 Å². The summed E-state index contributed by atoms with van der Waals surface area (Å²) in [4.78, 5) is 36.3. The van der Waals surface area contributed by atoms with Crippen molar-refractivity contribution in [2.75, 3.05) is 21.3 Å². The van der Waals surface area contributed by atoms with Gasteiger partial charge in [-0.1, -0.05) is 23.9 Å².